The lowest BCUT2D eigenvalue weighted by molar-refractivity contribution is 0.200. The van der Waals surface area contributed by atoms with Gasteiger partial charge in [0, 0.05) is 17.1 Å². The highest BCUT2D eigenvalue weighted by Gasteiger charge is 2.08. The van der Waals surface area contributed by atoms with Crippen LogP contribution in [0, 0.1) is 0 Å². The van der Waals surface area contributed by atoms with E-state index in [2.05, 4.69) is 0 Å². The minimum Gasteiger partial charge on any atom is -0.398 e. The highest BCUT2D eigenvalue weighted by molar-refractivity contribution is 6.18. The van der Waals surface area contributed by atoms with E-state index in [9.17, 15) is 5.11 Å². The van der Waals surface area contributed by atoms with Crippen LogP contribution in [0.2, 0.25) is 0 Å². The van der Waals surface area contributed by atoms with Crippen molar-refractivity contribution in [3.8, 4) is 0 Å². The van der Waals surface area contributed by atoms with Crippen LogP contribution in [0.4, 0.5) is 5.69 Å². The van der Waals surface area contributed by atoms with Crippen LogP contribution < -0.4 is 5.73 Å². The topological polar surface area (TPSA) is 46.2 Å². The number of aliphatic hydroxyl groups excluding tert-OH is 1. The Morgan fingerprint density at radius 3 is 2.77 bits per heavy atom. The van der Waals surface area contributed by atoms with Gasteiger partial charge in [0.2, 0.25) is 0 Å². The molecule has 0 aliphatic rings. The molecule has 3 heteroatoms. The van der Waals surface area contributed by atoms with Gasteiger partial charge in [-0.25, -0.2) is 0 Å². The molecule has 0 aliphatic heterocycles. The number of aryl methyl sites for hydroxylation is 1. The van der Waals surface area contributed by atoms with Crippen molar-refractivity contribution in [3.63, 3.8) is 0 Å². The van der Waals surface area contributed by atoms with E-state index in [1.54, 1.807) is 6.92 Å². The summed E-state index contributed by atoms with van der Waals surface area (Å²) >= 11 is 5.62. The van der Waals surface area contributed by atoms with Gasteiger partial charge in [-0.15, -0.1) is 11.6 Å². The maximum absolute atomic E-state index is 9.38. The lowest BCUT2D eigenvalue weighted by Gasteiger charge is -2.11. The van der Waals surface area contributed by atoms with E-state index in [0.717, 1.165) is 17.5 Å². The van der Waals surface area contributed by atoms with Gasteiger partial charge in [-0.1, -0.05) is 18.2 Å². The summed E-state index contributed by atoms with van der Waals surface area (Å²) in [5.74, 6) is 0.549. The Bertz CT molecular complexity index is 286. The number of nitrogen functional groups attached to an aromatic ring is 1. The molecule has 0 spiro atoms. The second-order valence-corrected chi connectivity index (χ2v) is 3.41. The molecule has 0 bridgehead atoms. The van der Waals surface area contributed by atoms with E-state index in [1.807, 2.05) is 18.2 Å². The molecule has 0 radical (unpaired) electrons. The van der Waals surface area contributed by atoms with Crippen LogP contribution in [-0.2, 0) is 6.42 Å². The van der Waals surface area contributed by atoms with E-state index in [1.165, 1.54) is 0 Å². The number of hydrogen-bond donors (Lipinski definition) is 2. The predicted octanol–water partition coefficient (Wildman–Crippen LogP) is 2.10. The van der Waals surface area contributed by atoms with Crippen molar-refractivity contribution in [1.29, 1.82) is 0 Å². The standard InChI is InChI=1S/C10H14ClNO/c1-7(13)9-4-2-3-8(5-6-11)10(9)12/h2-4,7,13H,5-6,12H2,1H3/t7-/m1/s1. The minimum absolute atomic E-state index is 0.518. The molecule has 1 atom stereocenters. The van der Waals surface area contributed by atoms with Crippen LogP contribution in [0.3, 0.4) is 0 Å². The van der Waals surface area contributed by atoms with Crippen molar-refractivity contribution in [2.24, 2.45) is 0 Å². The third-order valence-electron chi connectivity index (χ3n) is 2.04. The molecule has 2 nitrogen and oxygen atoms in total. The molecule has 0 amide bonds. The monoisotopic (exact) mass is 199 g/mol. The van der Waals surface area contributed by atoms with Gasteiger partial charge in [0.25, 0.3) is 0 Å². The Hall–Kier alpha value is -0.730. The average molecular weight is 200 g/mol. The Morgan fingerprint density at radius 2 is 2.23 bits per heavy atom. The van der Waals surface area contributed by atoms with Gasteiger partial charge >= 0.3 is 0 Å². The average Bonchev–Trinajstić information content (AvgIpc) is 2.08. The van der Waals surface area contributed by atoms with Crippen LogP contribution in [0.1, 0.15) is 24.2 Å². The van der Waals surface area contributed by atoms with Crippen LogP contribution in [-0.4, -0.2) is 11.0 Å². The molecule has 3 N–H and O–H groups in total. The summed E-state index contributed by atoms with van der Waals surface area (Å²) in [6, 6.07) is 5.65. The van der Waals surface area contributed by atoms with Crippen LogP contribution >= 0.6 is 11.6 Å². The number of hydrogen-bond acceptors (Lipinski definition) is 2. The molecular formula is C10H14ClNO. The molecule has 0 aliphatic carbocycles. The number of benzene rings is 1. The van der Waals surface area contributed by atoms with Crippen molar-refractivity contribution in [2.45, 2.75) is 19.4 Å². The number of nitrogens with two attached hydrogens (primary N) is 1. The van der Waals surface area contributed by atoms with Gasteiger partial charge in [0.05, 0.1) is 6.10 Å². The minimum atomic E-state index is -0.518. The largest absolute Gasteiger partial charge is 0.398 e. The zero-order valence-corrected chi connectivity index (χ0v) is 8.38. The maximum Gasteiger partial charge on any atom is 0.0781 e. The Morgan fingerprint density at radius 1 is 1.54 bits per heavy atom. The normalized spacial score (nSPS) is 12.8. The van der Waals surface area contributed by atoms with E-state index >= 15 is 0 Å². The van der Waals surface area contributed by atoms with Crippen LogP contribution in [0.25, 0.3) is 0 Å². The fourth-order valence-electron chi connectivity index (χ4n) is 1.32. The van der Waals surface area contributed by atoms with E-state index in [4.69, 9.17) is 17.3 Å². The molecule has 0 saturated carbocycles. The van der Waals surface area contributed by atoms with Gasteiger partial charge in [-0.05, 0) is 18.9 Å². The molecule has 0 unspecified atom stereocenters. The van der Waals surface area contributed by atoms with Crippen molar-refractivity contribution in [2.75, 3.05) is 11.6 Å². The highest BCUT2D eigenvalue weighted by atomic mass is 35.5. The van der Waals surface area contributed by atoms with E-state index in [0.29, 0.717) is 11.6 Å². The summed E-state index contributed by atoms with van der Waals surface area (Å²) in [7, 11) is 0. The second kappa shape index (κ2) is 4.49. The summed E-state index contributed by atoms with van der Waals surface area (Å²) in [4.78, 5) is 0. The second-order valence-electron chi connectivity index (χ2n) is 3.03. The summed E-state index contributed by atoms with van der Waals surface area (Å²) in [6.45, 7) is 1.70. The van der Waals surface area contributed by atoms with E-state index < -0.39 is 6.10 Å². The van der Waals surface area contributed by atoms with Gasteiger partial charge in [0.15, 0.2) is 0 Å². The Kier molecular flexibility index (Phi) is 3.58. The molecule has 0 aromatic heterocycles. The number of halogens is 1. The number of para-hydroxylation sites is 1. The lowest BCUT2D eigenvalue weighted by Crippen LogP contribution is -2.03. The summed E-state index contributed by atoms with van der Waals surface area (Å²) in [5.41, 5.74) is 8.30. The van der Waals surface area contributed by atoms with Crippen LogP contribution in [0.15, 0.2) is 18.2 Å². The first-order valence-corrected chi connectivity index (χ1v) is 4.81. The first kappa shape index (κ1) is 10.4. The zero-order chi connectivity index (χ0) is 9.84. The number of alkyl halides is 1. The maximum atomic E-state index is 9.38. The third kappa shape index (κ3) is 2.36. The zero-order valence-electron chi connectivity index (χ0n) is 7.63. The first-order valence-electron chi connectivity index (χ1n) is 4.28. The summed E-state index contributed by atoms with van der Waals surface area (Å²) in [6.07, 6.45) is 0.226. The molecule has 72 valence electrons. The highest BCUT2D eigenvalue weighted by Crippen LogP contribution is 2.23. The Labute approximate surface area is 83.3 Å². The van der Waals surface area contributed by atoms with Gasteiger partial charge in [0.1, 0.15) is 0 Å². The van der Waals surface area contributed by atoms with Crippen molar-refractivity contribution in [1.82, 2.24) is 0 Å². The third-order valence-corrected chi connectivity index (χ3v) is 2.23. The summed E-state index contributed by atoms with van der Waals surface area (Å²) in [5, 5.41) is 9.38. The van der Waals surface area contributed by atoms with Gasteiger partial charge < -0.3 is 10.8 Å². The smallest absolute Gasteiger partial charge is 0.0781 e. The number of anilines is 1. The lowest BCUT2D eigenvalue weighted by atomic mass is 10.0. The molecular weight excluding hydrogens is 186 g/mol. The summed E-state index contributed by atoms with van der Waals surface area (Å²) < 4.78 is 0. The van der Waals surface area contributed by atoms with Crippen molar-refractivity contribution >= 4 is 17.3 Å². The molecule has 0 fully saturated rings. The van der Waals surface area contributed by atoms with Crippen molar-refractivity contribution in [3.05, 3.63) is 29.3 Å². The predicted molar refractivity (Wildman–Crippen MR) is 55.9 cm³/mol. The molecule has 13 heavy (non-hydrogen) atoms. The molecule has 0 saturated heterocycles. The fourth-order valence-corrected chi connectivity index (χ4v) is 1.52. The fraction of sp³-hybridized carbons (Fsp3) is 0.400. The van der Waals surface area contributed by atoms with Gasteiger partial charge in [-0.2, -0.15) is 0 Å². The Balaban J connectivity index is 3.03. The molecule has 1 aromatic rings. The number of aliphatic hydroxyl groups is 1. The van der Waals surface area contributed by atoms with Crippen molar-refractivity contribution < 1.29 is 5.11 Å². The van der Waals surface area contributed by atoms with E-state index in [-0.39, 0.29) is 0 Å². The van der Waals surface area contributed by atoms with Gasteiger partial charge in [-0.3, -0.25) is 0 Å². The first-order chi connectivity index (χ1) is 6.16. The molecule has 0 heterocycles. The van der Waals surface area contributed by atoms with Crippen LogP contribution in [0.5, 0.6) is 0 Å². The molecule has 1 aromatic carbocycles. The molecule has 1 rings (SSSR count). The number of rotatable bonds is 3. The quantitative estimate of drug-likeness (QED) is 0.579. The SMILES string of the molecule is C[C@@H](O)c1cccc(CCCl)c1N.